The molecule has 0 bridgehead atoms. The summed E-state index contributed by atoms with van der Waals surface area (Å²) in [6, 6.07) is 0. The van der Waals surface area contributed by atoms with E-state index in [9.17, 15) is 9.90 Å². The first-order valence-electron chi connectivity index (χ1n) is 8.41. The number of ether oxygens (including phenoxy) is 1. The number of carbonyl (C=O) groups is 1. The molecule has 134 valence electrons. The highest BCUT2D eigenvalue weighted by Gasteiger charge is 2.32. The number of piperidine rings is 1. The van der Waals surface area contributed by atoms with Gasteiger partial charge in [0.1, 0.15) is 0 Å². The summed E-state index contributed by atoms with van der Waals surface area (Å²) in [5, 5.41) is 10.6. The minimum Gasteiger partial charge on any atom is -0.461 e. The number of pyridine rings is 1. The topological polar surface area (TPSA) is 62.7 Å². The number of rotatable bonds is 4. The Morgan fingerprint density at radius 1 is 1.38 bits per heavy atom. The van der Waals surface area contributed by atoms with Gasteiger partial charge in [-0.2, -0.15) is 0 Å². The van der Waals surface area contributed by atoms with Crippen LogP contribution in [0.2, 0.25) is 0 Å². The van der Waals surface area contributed by atoms with Gasteiger partial charge in [0.05, 0.1) is 16.3 Å². The SMILES string of the molecule is Cc1ncc(Br)c(N2CCC(C)(C)CC2)c1[C@H](O)C(=O)OC(C)C. The molecule has 5 nitrogen and oxygen atoms in total. The van der Waals surface area contributed by atoms with Crippen LogP contribution in [0.1, 0.15) is 57.9 Å². The number of carbonyl (C=O) groups excluding carboxylic acids is 1. The predicted octanol–water partition coefficient (Wildman–Crippen LogP) is 3.76. The highest BCUT2D eigenvalue weighted by Crippen LogP contribution is 2.40. The molecule has 0 saturated carbocycles. The van der Waals surface area contributed by atoms with E-state index >= 15 is 0 Å². The van der Waals surface area contributed by atoms with Crippen molar-refractivity contribution in [3.63, 3.8) is 0 Å². The lowest BCUT2D eigenvalue weighted by atomic mass is 9.82. The first kappa shape index (κ1) is 19.2. The van der Waals surface area contributed by atoms with Crippen LogP contribution in [0.3, 0.4) is 0 Å². The van der Waals surface area contributed by atoms with Gasteiger partial charge >= 0.3 is 5.97 Å². The van der Waals surface area contributed by atoms with Crippen molar-refractivity contribution in [1.82, 2.24) is 4.98 Å². The van der Waals surface area contributed by atoms with E-state index in [1.807, 2.05) is 6.92 Å². The summed E-state index contributed by atoms with van der Waals surface area (Å²) in [6.45, 7) is 11.7. The summed E-state index contributed by atoms with van der Waals surface area (Å²) >= 11 is 3.55. The van der Waals surface area contributed by atoms with E-state index in [1.165, 1.54) is 0 Å². The number of esters is 1. The first-order valence-corrected chi connectivity index (χ1v) is 9.20. The van der Waals surface area contributed by atoms with Crippen LogP contribution < -0.4 is 4.90 Å². The van der Waals surface area contributed by atoms with Crippen LogP contribution >= 0.6 is 15.9 Å². The second-order valence-electron chi connectivity index (χ2n) is 7.49. The molecule has 1 saturated heterocycles. The monoisotopic (exact) mass is 398 g/mol. The lowest BCUT2D eigenvalue weighted by Gasteiger charge is -2.39. The van der Waals surface area contributed by atoms with Crippen LogP contribution in [-0.2, 0) is 9.53 Å². The van der Waals surface area contributed by atoms with Crippen molar-refractivity contribution in [3.8, 4) is 0 Å². The fourth-order valence-corrected chi connectivity index (χ4v) is 3.55. The molecule has 1 N–H and O–H groups in total. The summed E-state index contributed by atoms with van der Waals surface area (Å²) in [5.74, 6) is -0.633. The summed E-state index contributed by atoms with van der Waals surface area (Å²) in [5.41, 5.74) is 2.35. The Labute approximate surface area is 152 Å². The van der Waals surface area contributed by atoms with Crippen molar-refractivity contribution in [2.45, 2.75) is 59.7 Å². The summed E-state index contributed by atoms with van der Waals surface area (Å²) in [6.07, 6.45) is 2.25. The molecular weight excluding hydrogens is 372 g/mol. The summed E-state index contributed by atoms with van der Waals surface area (Å²) < 4.78 is 5.98. The Morgan fingerprint density at radius 2 is 1.96 bits per heavy atom. The quantitative estimate of drug-likeness (QED) is 0.782. The smallest absolute Gasteiger partial charge is 0.340 e. The van der Waals surface area contributed by atoms with Crippen LogP contribution in [0.15, 0.2) is 10.7 Å². The molecule has 0 spiro atoms. The van der Waals surface area contributed by atoms with Gasteiger partial charge < -0.3 is 14.7 Å². The normalized spacial score (nSPS) is 18.6. The number of nitrogens with zero attached hydrogens (tertiary/aromatic N) is 2. The lowest BCUT2D eigenvalue weighted by molar-refractivity contribution is -0.157. The maximum Gasteiger partial charge on any atom is 0.340 e. The molecule has 1 aromatic rings. The summed E-state index contributed by atoms with van der Waals surface area (Å²) in [7, 11) is 0. The number of aryl methyl sites for hydroxylation is 1. The third kappa shape index (κ3) is 4.28. The van der Waals surface area contributed by atoms with E-state index in [0.29, 0.717) is 16.7 Å². The van der Waals surface area contributed by atoms with Crippen LogP contribution in [-0.4, -0.2) is 35.3 Å². The van der Waals surface area contributed by atoms with E-state index in [1.54, 1.807) is 20.0 Å². The van der Waals surface area contributed by atoms with Gasteiger partial charge in [-0.1, -0.05) is 13.8 Å². The zero-order valence-electron chi connectivity index (χ0n) is 15.1. The Balaban J connectivity index is 2.38. The second-order valence-corrected chi connectivity index (χ2v) is 8.35. The summed E-state index contributed by atoms with van der Waals surface area (Å²) in [4.78, 5) is 18.8. The van der Waals surface area contributed by atoms with Gasteiger partial charge in [0.15, 0.2) is 6.10 Å². The van der Waals surface area contributed by atoms with Crippen molar-refractivity contribution in [2.75, 3.05) is 18.0 Å². The van der Waals surface area contributed by atoms with Crippen LogP contribution in [0.5, 0.6) is 0 Å². The predicted molar refractivity (Wildman–Crippen MR) is 98.1 cm³/mol. The molecular formula is C18H27BrN2O3. The second kappa shape index (κ2) is 7.40. The van der Waals surface area contributed by atoms with Crippen molar-refractivity contribution in [2.24, 2.45) is 5.41 Å². The lowest BCUT2D eigenvalue weighted by Crippen LogP contribution is -2.38. The minimum absolute atomic E-state index is 0.271. The average molecular weight is 399 g/mol. The number of halogens is 1. The fraction of sp³-hybridized carbons (Fsp3) is 0.667. The molecule has 1 fully saturated rings. The molecule has 0 radical (unpaired) electrons. The number of aliphatic hydroxyl groups excluding tert-OH is 1. The van der Waals surface area contributed by atoms with Gasteiger partial charge in [-0.3, -0.25) is 4.98 Å². The van der Waals surface area contributed by atoms with Crippen LogP contribution in [0, 0.1) is 12.3 Å². The standard InChI is InChI=1S/C18H27BrN2O3/c1-11(2)24-17(23)16(22)14-12(3)20-10-13(19)15(14)21-8-6-18(4,5)7-9-21/h10-11,16,22H,6-9H2,1-5H3/t16-/m0/s1. The van der Waals surface area contributed by atoms with Gasteiger partial charge in [0.2, 0.25) is 0 Å². The number of anilines is 1. The van der Waals surface area contributed by atoms with Crippen LogP contribution in [0.4, 0.5) is 5.69 Å². The highest BCUT2D eigenvalue weighted by atomic mass is 79.9. The number of hydrogen-bond acceptors (Lipinski definition) is 5. The van der Waals surface area contributed by atoms with Crippen molar-refractivity contribution < 1.29 is 14.6 Å². The molecule has 6 heteroatoms. The third-order valence-corrected chi connectivity index (χ3v) is 5.10. The first-order chi connectivity index (χ1) is 11.1. The Kier molecular flexibility index (Phi) is 5.91. The van der Waals surface area contributed by atoms with Crippen LogP contribution in [0.25, 0.3) is 0 Å². The largest absolute Gasteiger partial charge is 0.461 e. The van der Waals surface area contributed by atoms with E-state index in [-0.39, 0.29) is 6.10 Å². The van der Waals surface area contributed by atoms with Gasteiger partial charge in [-0.25, -0.2) is 4.79 Å². The molecule has 1 aliphatic heterocycles. The molecule has 1 aliphatic rings. The third-order valence-electron chi connectivity index (χ3n) is 4.52. The molecule has 1 atom stereocenters. The van der Waals surface area contributed by atoms with E-state index < -0.39 is 12.1 Å². The molecule has 0 aliphatic carbocycles. The molecule has 0 amide bonds. The zero-order valence-corrected chi connectivity index (χ0v) is 16.7. The molecule has 0 unspecified atom stereocenters. The zero-order chi connectivity index (χ0) is 18.1. The molecule has 2 rings (SSSR count). The van der Waals surface area contributed by atoms with Gasteiger partial charge in [-0.05, 0) is 55.0 Å². The molecule has 1 aromatic heterocycles. The fourth-order valence-electron chi connectivity index (χ4n) is 2.98. The average Bonchev–Trinajstić information content (AvgIpc) is 2.48. The Morgan fingerprint density at radius 3 is 2.50 bits per heavy atom. The van der Waals surface area contributed by atoms with E-state index in [2.05, 4.69) is 39.7 Å². The van der Waals surface area contributed by atoms with Crippen molar-refractivity contribution in [3.05, 3.63) is 21.9 Å². The number of aromatic nitrogens is 1. The maximum absolute atomic E-state index is 12.2. The Bertz CT molecular complexity index is 607. The number of hydrogen-bond donors (Lipinski definition) is 1. The van der Waals surface area contributed by atoms with Crippen molar-refractivity contribution in [1.29, 1.82) is 0 Å². The van der Waals surface area contributed by atoms with Gasteiger partial charge in [0.25, 0.3) is 0 Å². The maximum atomic E-state index is 12.2. The minimum atomic E-state index is -1.33. The molecule has 0 aromatic carbocycles. The van der Waals surface area contributed by atoms with E-state index in [4.69, 9.17) is 4.74 Å². The Hall–Kier alpha value is -1.14. The van der Waals surface area contributed by atoms with Gasteiger partial charge in [-0.15, -0.1) is 0 Å². The molecule has 2 heterocycles. The van der Waals surface area contributed by atoms with Gasteiger partial charge in [0, 0.05) is 30.5 Å². The number of aliphatic hydroxyl groups is 1. The van der Waals surface area contributed by atoms with Crippen molar-refractivity contribution >= 4 is 27.6 Å². The highest BCUT2D eigenvalue weighted by molar-refractivity contribution is 9.10. The van der Waals surface area contributed by atoms with E-state index in [0.717, 1.165) is 36.1 Å². The molecule has 24 heavy (non-hydrogen) atoms.